The van der Waals surface area contributed by atoms with Gasteiger partial charge >= 0.3 is 0 Å². The van der Waals surface area contributed by atoms with Crippen LogP contribution < -0.4 is 10.9 Å². The van der Waals surface area contributed by atoms with Gasteiger partial charge in [-0.3, -0.25) is 0 Å². The fraction of sp³-hybridized carbons (Fsp3) is 0. The monoisotopic (exact) mass is 213 g/mol. The maximum absolute atomic E-state index is 11.1. The molecule has 0 saturated carbocycles. The van der Waals surface area contributed by atoms with Gasteiger partial charge in [-0.25, -0.2) is 23.1 Å². The van der Waals surface area contributed by atoms with Crippen LogP contribution in [0.2, 0.25) is 0 Å². The number of fused-ring (bicyclic) bond motifs is 1. The molecular weight excluding hydrogens is 206 g/mol. The Labute approximate surface area is 79.4 Å². The van der Waals surface area contributed by atoms with Crippen molar-refractivity contribution in [2.24, 2.45) is 5.14 Å². The molecule has 7 nitrogen and oxygen atoms in total. The zero-order chi connectivity index (χ0) is 10.3. The first-order valence-electron chi connectivity index (χ1n) is 3.61. The minimum absolute atomic E-state index is 0.132. The fourth-order valence-corrected chi connectivity index (χ4v) is 1.65. The van der Waals surface area contributed by atoms with E-state index in [0.29, 0.717) is 0 Å². The number of primary sulfonamides is 1. The van der Waals surface area contributed by atoms with E-state index >= 15 is 0 Å². The van der Waals surface area contributed by atoms with Crippen LogP contribution in [0.25, 0.3) is 5.65 Å². The van der Waals surface area contributed by atoms with Gasteiger partial charge in [0.15, 0.2) is 5.65 Å². The van der Waals surface area contributed by atoms with E-state index in [9.17, 15) is 8.42 Å². The molecule has 0 aliphatic heterocycles. The second kappa shape index (κ2) is 2.66. The van der Waals surface area contributed by atoms with Crippen LogP contribution in [0.5, 0.6) is 0 Å². The van der Waals surface area contributed by atoms with E-state index in [0.717, 1.165) is 6.20 Å². The summed E-state index contributed by atoms with van der Waals surface area (Å²) in [5.74, 6) is 0.211. The van der Waals surface area contributed by atoms with Crippen molar-refractivity contribution in [2.75, 3.05) is 5.73 Å². The fourth-order valence-electron chi connectivity index (χ4n) is 1.06. The summed E-state index contributed by atoms with van der Waals surface area (Å²) in [6.45, 7) is 0. The lowest BCUT2D eigenvalue weighted by atomic mass is 10.5. The van der Waals surface area contributed by atoms with Crippen LogP contribution in [-0.2, 0) is 10.0 Å². The van der Waals surface area contributed by atoms with E-state index in [2.05, 4.69) is 10.1 Å². The van der Waals surface area contributed by atoms with Gasteiger partial charge in [0, 0.05) is 6.20 Å². The van der Waals surface area contributed by atoms with E-state index < -0.39 is 10.0 Å². The quantitative estimate of drug-likeness (QED) is 0.627. The highest BCUT2D eigenvalue weighted by atomic mass is 32.2. The van der Waals surface area contributed by atoms with Gasteiger partial charge in [0.25, 0.3) is 0 Å². The number of nitrogens with zero attached hydrogens (tertiary/aromatic N) is 3. The van der Waals surface area contributed by atoms with Crippen LogP contribution in [0.3, 0.4) is 0 Å². The maximum atomic E-state index is 11.1. The number of nitrogens with two attached hydrogens (primary N) is 2. The molecule has 0 saturated heterocycles. The summed E-state index contributed by atoms with van der Waals surface area (Å²) in [6.07, 6.45) is 2.64. The van der Waals surface area contributed by atoms with Gasteiger partial charge in [-0.05, 0) is 6.07 Å². The van der Waals surface area contributed by atoms with Crippen molar-refractivity contribution in [1.82, 2.24) is 14.6 Å². The molecule has 0 unspecified atom stereocenters. The minimum Gasteiger partial charge on any atom is -0.384 e. The first kappa shape index (κ1) is 8.91. The lowest BCUT2D eigenvalue weighted by Gasteiger charge is -1.96. The Kier molecular flexibility index (Phi) is 1.69. The van der Waals surface area contributed by atoms with E-state index in [-0.39, 0.29) is 16.4 Å². The molecule has 0 aliphatic rings. The first-order chi connectivity index (χ1) is 6.48. The highest BCUT2D eigenvalue weighted by Gasteiger charge is 2.16. The SMILES string of the molecule is Nc1ccn2ncc(S(N)(=O)=O)c2n1. The average molecular weight is 213 g/mol. The zero-order valence-corrected chi connectivity index (χ0v) is 7.77. The standard InChI is InChI=1S/C6H7N5O2S/c7-5-1-2-11-6(10-5)4(3-9-11)14(8,12)13/h1-3H,(H2,7,10)(H2,8,12,13). The molecule has 74 valence electrons. The van der Waals surface area contributed by atoms with Crippen molar-refractivity contribution < 1.29 is 8.42 Å². The topological polar surface area (TPSA) is 116 Å². The number of aromatic nitrogens is 3. The molecule has 0 bridgehead atoms. The Morgan fingerprint density at radius 3 is 2.79 bits per heavy atom. The van der Waals surface area contributed by atoms with Crippen molar-refractivity contribution >= 4 is 21.5 Å². The van der Waals surface area contributed by atoms with Gasteiger partial charge in [0.2, 0.25) is 10.0 Å². The second-order valence-electron chi connectivity index (χ2n) is 2.67. The maximum Gasteiger partial charge on any atom is 0.243 e. The highest BCUT2D eigenvalue weighted by molar-refractivity contribution is 7.89. The lowest BCUT2D eigenvalue weighted by Crippen LogP contribution is -2.12. The predicted molar refractivity (Wildman–Crippen MR) is 48.8 cm³/mol. The minimum atomic E-state index is -3.80. The van der Waals surface area contributed by atoms with E-state index in [1.807, 2.05) is 0 Å². The molecule has 0 aliphatic carbocycles. The summed E-state index contributed by atoms with van der Waals surface area (Å²) in [6, 6.07) is 1.51. The van der Waals surface area contributed by atoms with Gasteiger partial charge < -0.3 is 5.73 Å². The summed E-state index contributed by atoms with van der Waals surface area (Å²) >= 11 is 0. The molecule has 0 fully saturated rings. The number of rotatable bonds is 1. The number of sulfonamides is 1. The molecule has 0 radical (unpaired) electrons. The first-order valence-corrected chi connectivity index (χ1v) is 5.16. The average Bonchev–Trinajstić information content (AvgIpc) is 2.45. The van der Waals surface area contributed by atoms with Crippen LogP contribution in [-0.4, -0.2) is 23.0 Å². The van der Waals surface area contributed by atoms with Crippen molar-refractivity contribution in [3.05, 3.63) is 18.5 Å². The summed E-state index contributed by atoms with van der Waals surface area (Å²) < 4.78 is 23.4. The third kappa shape index (κ3) is 1.30. The molecule has 14 heavy (non-hydrogen) atoms. The van der Waals surface area contributed by atoms with E-state index in [1.54, 1.807) is 0 Å². The second-order valence-corrected chi connectivity index (χ2v) is 4.20. The van der Waals surface area contributed by atoms with Gasteiger partial charge in [-0.15, -0.1) is 0 Å². The molecular formula is C6H7N5O2S. The Morgan fingerprint density at radius 2 is 2.14 bits per heavy atom. The molecule has 0 atom stereocenters. The van der Waals surface area contributed by atoms with Crippen LogP contribution in [0.4, 0.5) is 5.82 Å². The molecule has 2 rings (SSSR count). The van der Waals surface area contributed by atoms with Crippen molar-refractivity contribution in [3.63, 3.8) is 0 Å². The number of anilines is 1. The van der Waals surface area contributed by atoms with Crippen LogP contribution in [0.15, 0.2) is 23.4 Å². The van der Waals surface area contributed by atoms with Gasteiger partial charge in [0.05, 0.1) is 6.20 Å². The summed E-state index contributed by atoms with van der Waals surface area (Å²) in [5, 5.41) is 8.72. The molecule has 0 spiro atoms. The number of hydrogen-bond donors (Lipinski definition) is 2. The molecule has 0 aromatic carbocycles. The molecule has 2 heterocycles. The number of hydrogen-bond acceptors (Lipinski definition) is 5. The van der Waals surface area contributed by atoms with Crippen LogP contribution in [0.1, 0.15) is 0 Å². The lowest BCUT2D eigenvalue weighted by molar-refractivity contribution is 0.598. The van der Waals surface area contributed by atoms with Gasteiger partial charge in [-0.2, -0.15) is 5.10 Å². The van der Waals surface area contributed by atoms with Gasteiger partial charge in [-0.1, -0.05) is 0 Å². The molecule has 2 aromatic rings. The summed E-state index contributed by atoms with van der Waals surface area (Å²) in [5.41, 5.74) is 5.54. The zero-order valence-electron chi connectivity index (χ0n) is 6.95. The third-order valence-electron chi connectivity index (χ3n) is 1.66. The molecule has 2 aromatic heterocycles. The largest absolute Gasteiger partial charge is 0.384 e. The van der Waals surface area contributed by atoms with E-state index in [4.69, 9.17) is 10.9 Å². The molecule has 0 amide bonds. The van der Waals surface area contributed by atoms with Gasteiger partial charge in [0.1, 0.15) is 10.7 Å². The third-order valence-corrected chi connectivity index (χ3v) is 2.57. The Bertz CT molecular complexity index is 587. The summed E-state index contributed by atoms with van der Waals surface area (Å²) in [7, 11) is -3.80. The normalized spacial score (nSPS) is 12.1. The molecule has 8 heteroatoms. The van der Waals surface area contributed by atoms with Crippen LogP contribution >= 0.6 is 0 Å². The Balaban J connectivity index is 2.87. The van der Waals surface area contributed by atoms with Crippen molar-refractivity contribution in [3.8, 4) is 0 Å². The Hall–Kier alpha value is -1.67. The predicted octanol–water partition coefficient (Wildman–Crippen LogP) is -1.04. The highest BCUT2D eigenvalue weighted by Crippen LogP contribution is 2.13. The smallest absolute Gasteiger partial charge is 0.243 e. The summed E-state index contributed by atoms with van der Waals surface area (Å²) in [4.78, 5) is 3.69. The van der Waals surface area contributed by atoms with Crippen molar-refractivity contribution in [2.45, 2.75) is 4.90 Å². The van der Waals surface area contributed by atoms with E-state index in [1.165, 1.54) is 16.8 Å². The van der Waals surface area contributed by atoms with Crippen molar-refractivity contribution in [1.29, 1.82) is 0 Å². The van der Waals surface area contributed by atoms with Crippen LogP contribution in [0, 0.1) is 0 Å². The Morgan fingerprint density at radius 1 is 1.43 bits per heavy atom. The number of nitrogen functional groups attached to an aromatic ring is 1. The molecule has 4 N–H and O–H groups in total.